The molecule has 1 unspecified atom stereocenters. The van der Waals surface area contributed by atoms with Crippen molar-refractivity contribution in [2.75, 3.05) is 7.05 Å². The van der Waals surface area contributed by atoms with Gasteiger partial charge in [-0.2, -0.15) is 0 Å². The Hall–Kier alpha value is -2.43. The molecule has 5 nitrogen and oxygen atoms in total. The van der Waals surface area contributed by atoms with Gasteiger partial charge in [-0.1, -0.05) is 0 Å². The van der Waals surface area contributed by atoms with Crippen LogP contribution in [0, 0.1) is 0 Å². The Morgan fingerprint density at radius 2 is 1.95 bits per heavy atom. The third-order valence-corrected chi connectivity index (χ3v) is 3.06. The number of rotatable bonds is 3. The molecule has 0 spiro atoms. The minimum absolute atomic E-state index is 0.0178. The summed E-state index contributed by atoms with van der Waals surface area (Å²) >= 11 is 0. The van der Waals surface area contributed by atoms with Gasteiger partial charge in [0.25, 0.3) is 5.91 Å². The maximum Gasteiger partial charge on any atom is 0.255 e. The van der Waals surface area contributed by atoms with Crippen LogP contribution in [0.4, 0.5) is 0 Å². The second kappa shape index (κ2) is 5.48. The molecule has 1 atom stereocenters. The Morgan fingerprint density at radius 3 is 2.58 bits per heavy atom. The number of aromatic nitrogens is 2. The van der Waals surface area contributed by atoms with Gasteiger partial charge in [0.1, 0.15) is 5.75 Å². The van der Waals surface area contributed by atoms with Gasteiger partial charge in [0, 0.05) is 25.6 Å². The van der Waals surface area contributed by atoms with E-state index >= 15 is 0 Å². The van der Waals surface area contributed by atoms with Crippen LogP contribution in [-0.4, -0.2) is 32.9 Å². The van der Waals surface area contributed by atoms with Crippen molar-refractivity contribution in [1.82, 2.24) is 14.9 Å². The maximum absolute atomic E-state index is 12.3. The molecule has 0 fully saturated rings. The summed E-state index contributed by atoms with van der Waals surface area (Å²) in [5.41, 5.74) is 1.36. The Morgan fingerprint density at radius 1 is 1.26 bits per heavy atom. The summed E-state index contributed by atoms with van der Waals surface area (Å²) in [6.07, 6.45) is 6.13. The zero-order valence-corrected chi connectivity index (χ0v) is 10.8. The molecule has 2 heterocycles. The molecule has 19 heavy (non-hydrogen) atoms. The van der Waals surface area contributed by atoms with Crippen LogP contribution in [0.3, 0.4) is 0 Å². The second-order valence-electron chi connectivity index (χ2n) is 4.30. The van der Waals surface area contributed by atoms with Gasteiger partial charge in [0.2, 0.25) is 0 Å². The van der Waals surface area contributed by atoms with E-state index in [1.165, 1.54) is 18.5 Å². The van der Waals surface area contributed by atoms with Crippen molar-refractivity contribution in [2.24, 2.45) is 0 Å². The Labute approximate surface area is 111 Å². The van der Waals surface area contributed by atoms with Crippen LogP contribution in [0.1, 0.15) is 28.9 Å². The standard InChI is InChI=1S/C14H15N3O2/c1-10(11-3-5-15-6-4-11)17(2)14(19)12-7-13(18)9-16-8-12/h3-10,18H,1-2H3. The van der Waals surface area contributed by atoms with Gasteiger partial charge in [-0.25, -0.2) is 0 Å². The molecule has 0 saturated heterocycles. The van der Waals surface area contributed by atoms with Crippen LogP contribution in [0.2, 0.25) is 0 Å². The Bertz CT molecular complexity index is 572. The number of hydrogen-bond acceptors (Lipinski definition) is 4. The molecule has 0 radical (unpaired) electrons. The predicted octanol–water partition coefficient (Wildman–Crippen LogP) is 2.02. The molecule has 0 aliphatic heterocycles. The van der Waals surface area contributed by atoms with E-state index in [4.69, 9.17) is 0 Å². The van der Waals surface area contributed by atoms with Gasteiger partial charge >= 0.3 is 0 Å². The molecule has 1 N–H and O–H groups in total. The smallest absolute Gasteiger partial charge is 0.255 e. The van der Waals surface area contributed by atoms with Crippen molar-refractivity contribution in [2.45, 2.75) is 13.0 Å². The third kappa shape index (κ3) is 2.88. The third-order valence-electron chi connectivity index (χ3n) is 3.06. The quantitative estimate of drug-likeness (QED) is 0.913. The largest absolute Gasteiger partial charge is 0.506 e. The molecular weight excluding hydrogens is 242 g/mol. The van der Waals surface area contributed by atoms with Crippen molar-refractivity contribution < 1.29 is 9.90 Å². The predicted molar refractivity (Wildman–Crippen MR) is 70.6 cm³/mol. The highest BCUT2D eigenvalue weighted by molar-refractivity contribution is 5.94. The van der Waals surface area contributed by atoms with Crippen molar-refractivity contribution in [3.05, 3.63) is 54.1 Å². The molecule has 0 saturated carbocycles. The first-order valence-corrected chi connectivity index (χ1v) is 5.90. The molecule has 2 rings (SSSR count). The highest BCUT2D eigenvalue weighted by atomic mass is 16.3. The first kappa shape index (κ1) is 13.0. The molecule has 1 amide bonds. The highest BCUT2D eigenvalue weighted by Gasteiger charge is 2.19. The number of amides is 1. The first-order chi connectivity index (χ1) is 9.09. The zero-order valence-electron chi connectivity index (χ0n) is 10.8. The highest BCUT2D eigenvalue weighted by Crippen LogP contribution is 2.20. The van der Waals surface area contributed by atoms with Gasteiger partial charge in [-0.3, -0.25) is 14.8 Å². The molecule has 0 aliphatic rings. The first-order valence-electron chi connectivity index (χ1n) is 5.90. The van der Waals surface area contributed by atoms with E-state index in [1.807, 2.05) is 19.1 Å². The molecule has 0 aromatic carbocycles. The number of carbonyl (C=O) groups is 1. The Balaban J connectivity index is 2.20. The van der Waals surface area contributed by atoms with Gasteiger partial charge in [0.05, 0.1) is 17.8 Å². The summed E-state index contributed by atoms with van der Waals surface area (Å²) in [6, 6.07) is 5.06. The number of pyridine rings is 2. The number of carbonyl (C=O) groups excluding carboxylic acids is 1. The van der Waals surface area contributed by atoms with Crippen molar-refractivity contribution >= 4 is 5.91 Å². The van der Waals surface area contributed by atoms with Crippen molar-refractivity contribution in [3.63, 3.8) is 0 Å². The molecule has 2 aromatic rings. The lowest BCUT2D eigenvalue weighted by molar-refractivity contribution is 0.0741. The number of hydrogen-bond donors (Lipinski definition) is 1. The van der Waals surface area contributed by atoms with Crippen LogP contribution >= 0.6 is 0 Å². The van der Waals surface area contributed by atoms with Crippen molar-refractivity contribution in [3.8, 4) is 5.75 Å². The molecule has 2 aromatic heterocycles. The minimum Gasteiger partial charge on any atom is -0.506 e. The summed E-state index contributed by atoms with van der Waals surface area (Å²) in [4.78, 5) is 21.6. The molecule has 0 bridgehead atoms. The summed E-state index contributed by atoms with van der Waals surface area (Å²) in [6.45, 7) is 1.93. The summed E-state index contributed by atoms with van der Waals surface area (Å²) in [5.74, 6) is -0.205. The molecule has 5 heteroatoms. The van der Waals surface area contributed by atoms with Crippen LogP contribution < -0.4 is 0 Å². The van der Waals surface area contributed by atoms with Crippen LogP contribution in [0.25, 0.3) is 0 Å². The lowest BCUT2D eigenvalue weighted by Crippen LogP contribution is -2.29. The Kier molecular flexibility index (Phi) is 3.75. The fourth-order valence-electron chi connectivity index (χ4n) is 1.79. The fourth-order valence-corrected chi connectivity index (χ4v) is 1.79. The fraction of sp³-hybridized carbons (Fsp3) is 0.214. The van der Waals surface area contributed by atoms with Crippen LogP contribution in [0.5, 0.6) is 5.75 Å². The SMILES string of the molecule is CC(c1ccncc1)N(C)C(=O)c1cncc(O)c1. The second-order valence-corrected chi connectivity index (χ2v) is 4.30. The normalized spacial score (nSPS) is 11.9. The molecule has 98 valence electrons. The maximum atomic E-state index is 12.3. The minimum atomic E-state index is -0.187. The lowest BCUT2D eigenvalue weighted by Gasteiger charge is -2.25. The monoisotopic (exact) mass is 257 g/mol. The number of nitrogens with zero attached hydrogens (tertiary/aromatic N) is 3. The van der Waals surface area contributed by atoms with Gasteiger partial charge in [-0.15, -0.1) is 0 Å². The summed E-state index contributed by atoms with van der Waals surface area (Å²) < 4.78 is 0. The zero-order chi connectivity index (χ0) is 13.8. The lowest BCUT2D eigenvalue weighted by atomic mass is 10.1. The van der Waals surface area contributed by atoms with E-state index in [0.29, 0.717) is 5.56 Å². The summed E-state index contributed by atoms with van der Waals surface area (Å²) in [5, 5.41) is 9.36. The topological polar surface area (TPSA) is 66.3 Å². The van der Waals surface area contributed by atoms with E-state index in [2.05, 4.69) is 9.97 Å². The average molecular weight is 257 g/mol. The van der Waals surface area contributed by atoms with E-state index in [1.54, 1.807) is 24.3 Å². The van der Waals surface area contributed by atoms with E-state index in [9.17, 15) is 9.90 Å². The van der Waals surface area contributed by atoms with Crippen LogP contribution in [0.15, 0.2) is 43.0 Å². The van der Waals surface area contributed by atoms with E-state index < -0.39 is 0 Å². The van der Waals surface area contributed by atoms with Gasteiger partial charge in [0.15, 0.2) is 0 Å². The van der Waals surface area contributed by atoms with Gasteiger partial charge in [-0.05, 0) is 30.7 Å². The van der Waals surface area contributed by atoms with Crippen molar-refractivity contribution in [1.29, 1.82) is 0 Å². The summed E-state index contributed by atoms with van der Waals surface area (Å²) in [7, 11) is 1.72. The van der Waals surface area contributed by atoms with E-state index in [0.717, 1.165) is 5.56 Å². The van der Waals surface area contributed by atoms with Crippen LogP contribution in [-0.2, 0) is 0 Å². The molecular formula is C14H15N3O2. The number of aromatic hydroxyl groups is 1. The van der Waals surface area contributed by atoms with E-state index in [-0.39, 0.29) is 17.7 Å². The molecule has 0 aliphatic carbocycles. The average Bonchev–Trinajstić information content (AvgIpc) is 2.46. The van der Waals surface area contributed by atoms with Gasteiger partial charge < -0.3 is 10.0 Å².